The van der Waals surface area contributed by atoms with Gasteiger partial charge >= 0.3 is 5.97 Å². The highest BCUT2D eigenvalue weighted by Gasteiger charge is 2.33. The molecule has 5 nitrogen and oxygen atoms in total. The lowest BCUT2D eigenvalue weighted by Gasteiger charge is -2.24. The molecule has 2 unspecified atom stereocenters. The second kappa shape index (κ2) is 7.06. The Morgan fingerprint density at radius 3 is 2.59 bits per heavy atom. The van der Waals surface area contributed by atoms with E-state index in [2.05, 4.69) is 5.32 Å². The third kappa shape index (κ3) is 4.19. The Labute approximate surface area is 101 Å². The summed E-state index contributed by atoms with van der Waals surface area (Å²) in [6, 6.07) is 0. The Morgan fingerprint density at radius 1 is 1.35 bits per heavy atom. The summed E-state index contributed by atoms with van der Waals surface area (Å²) < 4.78 is 4.87. The van der Waals surface area contributed by atoms with Crippen LogP contribution in [0.2, 0.25) is 0 Å². The number of carbonyl (C=O) groups is 2. The first kappa shape index (κ1) is 13.7. The molecule has 0 saturated heterocycles. The molecular formula is C12H19NO4. The molecule has 2 atom stereocenters. The van der Waals surface area contributed by atoms with Crippen LogP contribution in [-0.2, 0) is 14.3 Å². The van der Waals surface area contributed by atoms with Crippen LogP contribution in [0.3, 0.4) is 0 Å². The van der Waals surface area contributed by atoms with Crippen molar-refractivity contribution in [2.24, 2.45) is 11.8 Å². The Balaban J connectivity index is 2.43. The first-order valence-corrected chi connectivity index (χ1v) is 5.81. The van der Waals surface area contributed by atoms with Crippen molar-refractivity contribution in [2.75, 3.05) is 20.3 Å². The Morgan fingerprint density at radius 2 is 2.00 bits per heavy atom. The number of carbonyl (C=O) groups excluding carboxylic acids is 1. The number of hydrogen-bond donors (Lipinski definition) is 2. The predicted octanol–water partition coefficient (Wildman–Crippen LogP) is 0.806. The van der Waals surface area contributed by atoms with Gasteiger partial charge < -0.3 is 15.2 Å². The highest BCUT2D eigenvalue weighted by atomic mass is 16.5. The van der Waals surface area contributed by atoms with Crippen LogP contribution < -0.4 is 5.32 Å². The van der Waals surface area contributed by atoms with Crippen LogP contribution in [-0.4, -0.2) is 37.2 Å². The van der Waals surface area contributed by atoms with Gasteiger partial charge in [0.2, 0.25) is 5.91 Å². The average molecular weight is 241 g/mol. The first-order chi connectivity index (χ1) is 8.16. The summed E-state index contributed by atoms with van der Waals surface area (Å²) in [6.45, 7) is 1.12. The lowest BCUT2D eigenvalue weighted by molar-refractivity contribution is -0.147. The number of carboxylic acids is 1. The van der Waals surface area contributed by atoms with Crippen molar-refractivity contribution in [1.29, 1.82) is 0 Å². The summed E-state index contributed by atoms with van der Waals surface area (Å²) in [5, 5.41) is 11.8. The summed E-state index contributed by atoms with van der Waals surface area (Å²) in [6.07, 6.45) is 5.38. The zero-order valence-corrected chi connectivity index (χ0v) is 10.0. The number of ether oxygens (including phenoxy) is 1. The second-order valence-electron chi connectivity index (χ2n) is 4.13. The molecule has 0 aromatic rings. The zero-order valence-electron chi connectivity index (χ0n) is 10.0. The van der Waals surface area contributed by atoms with E-state index in [0.717, 1.165) is 6.42 Å². The minimum Gasteiger partial charge on any atom is -0.481 e. The number of methoxy groups -OCH3 is 1. The monoisotopic (exact) mass is 241 g/mol. The molecular weight excluding hydrogens is 222 g/mol. The van der Waals surface area contributed by atoms with Gasteiger partial charge in [0.15, 0.2) is 0 Å². The second-order valence-corrected chi connectivity index (χ2v) is 4.13. The van der Waals surface area contributed by atoms with Crippen molar-refractivity contribution in [3.63, 3.8) is 0 Å². The van der Waals surface area contributed by atoms with E-state index in [9.17, 15) is 9.59 Å². The highest BCUT2D eigenvalue weighted by Crippen LogP contribution is 2.25. The van der Waals surface area contributed by atoms with Gasteiger partial charge in [-0.05, 0) is 19.3 Å². The summed E-state index contributed by atoms with van der Waals surface area (Å²) in [4.78, 5) is 22.8. The van der Waals surface area contributed by atoms with Crippen molar-refractivity contribution in [3.8, 4) is 0 Å². The van der Waals surface area contributed by atoms with Crippen LogP contribution in [0.1, 0.15) is 19.3 Å². The summed E-state index contributed by atoms with van der Waals surface area (Å²) in [5.41, 5.74) is 0. The third-order valence-electron chi connectivity index (χ3n) is 2.91. The largest absolute Gasteiger partial charge is 0.481 e. The van der Waals surface area contributed by atoms with Gasteiger partial charge in [-0.3, -0.25) is 9.59 Å². The lowest BCUT2D eigenvalue weighted by atomic mass is 9.82. The fourth-order valence-corrected chi connectivity index (χ4v) is 1.94. The molecule has 0 aliphatic heterocycles. The maximum atomic E-state index is 11.8. The summed E-state index contributed by atoms with van der Waals surface area (Å²) in [5.74, 6) is -2.10. The standard InChI is InChI=1S/C12H19NO4/c1-17-8-4-7-13-11(14)9-5-2-3-6-10(9)12(15)16/h2-3,9-10H,4-8H2,1H3,(H,13,14)(H,15,16). The van der Waals surface area contributed by atoms with Gasteiger partial charge in [0.05, 0.1) is 11.8 Å². The Bertz CT molecular complexity index is 301. The number of aliphatic carboxylic acids is 1. The first-order valence-electron chi connectivity index (χ1n) is 5.81. The van der Waals surface area contributed by atoms with Crippen molar-refractivity contribution in [3.05, 3.63) is 12.2 Å². The van der Waals surface area contributed by atoms with Crippen LogP contribution >= 0.6 is 0 Å². The normalized spacial score (nSPS) is 23.4. The van der Waals surface area contributed by atoms with Gasteiger partial charge in [-0.25, -0.2) is 0 Å². The molecule has 0 saturated carbocycles. The molecule has 0 bridgehead atoms. The van der Waals surface area contributed by atoms with Crippen LogP contribution in [0.5, 0.6) is 0 Å². The molecule has 17 heavy (non-hydrogen) atoms. The highest BCUT2D eigenvalue weighted by molar-refractivity contribution is 5.85. The van der Waals surface area contributed by atoms with Crippen molar-refractivity contribution >= 4 is 11.9 Å². The number of amides is 1. The van der Waals surface area contributed by atoms with Crippen LogP contribution in [0.4, 0.5) is 0 Å². The predicted molar refractivity (Wildman–Crippen MR) is 62.5 cm³/mol. The number of carboxylic acid groups (broad SMARTS) is 1. The number of allylic oxidation sites excluding steroid dienone is 2. The molecule has 5 heteroatoms. The number of hydrogen-bond acceptors (Lipinski definition) is 3. The molecule has 2 N–H and O–H groups in total. The molecule has 0 aromatic carbocycles. The van der Waals surface area contributed by atoms with E-state index in [0.29, 0.717) is 26.0 Å². The fraction of sp³-hybridized carbons (Fsp3) is 0.667. The topological polar surface area (TPSA) is 75.6 Å². The molecule has 1 rings (SSSR count). The van der Waals surface area contributed by atoms with Gasteiger partial charge in [0.1, 0.15) is 0 Å². The molecule has 0 aromatic heterocycles. The van der Waals surface area contributed by atoms with Crippen molar-refractivity contribution < 1.29 is 19.4 Å². The maximum absolute atomic E-state index is 11.8. The molecule has 1 aliphatic carbocycles. The van der Waals surface area contributed by atoms with Gasteiger partial charge in [-0.1, -0.05) is 12.2 Å². The van der Waals surface area contributed by atoms with E-state index in [1.807, 2.05) is 12.2 Å². The summed E-state index contributed by atoms with van der Waals surface area (Å²) >= 11 is 0. The minimum absolute atomic E-state index is 0.169. The van der Waals surface area contributed by atoms with Gasteiger partial charge in [-0.2, -0.15) is 0 Å². The smallest absolute Gasteiger partial charge is 0.307 e. The van der Waals surface area contributed by atoms with Crippen LogP contribution in [0.25, 0.3) is 0 Å². The zero-order chi connectivity index (χ0) is 12.7. The van der Waals surface area contributed by atoms with Crippen molar-refractivity contribution in [1.82, 2.24) is 5.32 Å². The van der Waals surface area contributed by atoms with E-state index in [-0.39, 0.29) is 5.91 Å². The van der Waals surface area contributed by atoms with Gasteiger partial charge in [0.25, 0.3) is 0 Å². The minimum atomic E-state index is -0.897. The number of nitrogens with one attached hydrogen (secondary N) is 1. The van der Waals surface area contributed by atoms with Gasteiger partial charge in [0, 0.05) is 20.3 Å². The average Bonchev–Trinajstić information content (AvgIpc) is 2.34. The fourth-order valence-electron chi connectivity index (χ4n) is 1.94. The van der Waals surface area contributed by atoms with E-state index in [1.165, 1.54) is 0 Å². The quantitative estimate of drug-likeness (QED) is 0.533. The van der Waals surface area contributed by atoms with Crippen molar-refractivity contribution in [2.45, 2.75) is 19.3 Å². The van der Waals surface area contributed by atoms with Crippen LogP contribution in [0.15, 0.2) is 12.2 Å². The molecule has 1 aliphatic rings. The molecule has 0 radical (unpaired) electrons. The summed E-state index contributed by atoms with van der Waals surface area (Å²) in [7, 11) is 1.61. The maximum Gasteiger partial charge on any atom is 0.307 e. The van der Waals surface area contributed by atoms with Gasteiger partial charge in [-0.15, -0.1) is 0 Å². The van der Waals surface area contributed by atoms with E-state index >= 15 is 0 Å². The lowest BCUT2D eigenvalue weighted by Crippen LogP contribution is -2.39. The Hall–Kier alpha value is -1.36. The third-order valence-corrected chi connectivity index (χ3v) is 2.91. The van der Waals surface area contributed by atoms with E-state index in [1.54, 1.807) is 7.11 Å². The molecule has 0 spiro atoms. The SMILES string of the molecule is COCCCNC(=O)C1CC=CCC1C(=O)O. The molecule has 0 fully saturated rings. The molecule has 1 amide bonds. The molecule has 96 valence electrons. The van der Waals surface area contributed by atoms with E-state index < -0.39 is 17.8 Å². The number of rotatable bonds is 6. The van der Waals surface area contributed by atoms with Crippen LogP contribution in [0, 0.1) is 11.8 Å². The Kier molecular flexibility index (Phi) is 5.69. The van der Waals surface area contributed by atoms with E-state index in [4.69, 9.17) is 9.84 Å². The molecule has 0 heterocycles.